The molecule has 0 saturated carbocycles. The van der Waals surface area contributed by atoms with Gasteiger partial charge in [0.15, 0.2) is 0 Å². The molecule has 0 aliphatic rings. The van der Waals surface area contributed by atoms with Gasteiger partial charge >= 0.3 is 0 Å². The number of amides is 2. The highest BCUT2D eigenvalue weighted by molar-refractivity contribution is 8.76. The van der Waals surface area contributed by atoms with Gasteiger partial charge < -0.3 is 10.6 Å². The Hall–Kier alpha value is -2.06. The average Bonchev–Trinajstić information content (AvgIpc) is 2.46. The predicted octanol–water partition coefficient (Wildman–Crippen LogP) is 3.19. The molecular formula is C14H14N4O2S2. The molecule has 22 heavy (non-hydrogen) atoms. The van der Waals surface area contributed by atoms with Crippen molar-refractivity contribution in [3.8, 4) is 0 Å². The summed E-state index contributed by atoms with van der Waals surface area (Å²) in [5, 5.41) is 6.80. The van der Waals surface area contributed by atoms with E-state index < -0.39 is 0 Å². The van der Waals surface area contributed by atoms with Crippen molar-refractivity contribution in [2.45, 2.75) is 23.9 Å². The lowest BCUT2D eigenvalue weighted by atomic mass is 10.4. The maximum atomic E-state index is 11.2. The van der Waals surface area contributed by atoms with Crippen LogP contribution in [0.2, 0.25) is 0 Å². The molecule has 2 amide bonds. The zero-order chi connectivity index (χ0) is 15.9. The molecule has 0 bridgehead atoms. The molecule has 0 fully saturated rings. The van der Waals surface area contributed by atoms with Crippen LogP contribution >= 0.6 is 21.6 Å². The third-order valence-electron chi connectivity index (χ3n) is 2.36. The molecule has 2 N–H and O–H groups in total. The largest absolute Gasteiger partial charge is 0.324 e. The van der Waals surface area contributed by atoms with Gasteiger partial charge in [0.05, 0.1) is 11.4 Å². The molecule has 2 aromatic heterocycles. The fourth-order valence-electron chi connectivity index (χ4n) is 1.56. The van der Waals surface area contributed by atoms with Crippen LogP contribution in [0, 0.1) is 0 Å². The first kappa shape index (κ1) is 16.3. The maximum Gasteiger partial charge on any atom is 0.221 e. The van der Waals surface area contributed by atoms with E-state index in [2.05, 4.69) is 20.6 Å². The van der Waals surface area contributed by atoms with Gasteiger partial charge in [-0.2, -0.15) is 0 Å². The molecule has 0 aliphatic heterocycles. The number of carbonyl (C=O) groups excluding carboxylic acids is 2. The van der Waals surface area contributed by atoms with Crippen molar-refractivity contribution in [2.75, 3.05) is 10.6 Å². The second-order valence-corrected chi connectivity index (χ2v) is 6.35. The zero-order valence-electron chi connectivity index (χ0n) is 12.0. The summed E-state index contributed by atoms with van der Waals surface area (Å²) in [5.74, 6) is -0.312. The molecule has 0 radical (unpaired) electrons. The molecule has 114 valence electrons. The Kier molecular flexibility index (Phi) is 5.79. The summed E-state index contributed by atoms with van der Waals surface area (Å²) in [6.45, 7) is 2.89. The molecule has 2 rings (SSSR count). The smallest absolute Gasteiger partial charge is 0.221 e. The molecule has 0 aromatic carbocycles. The standard InChI is InChI=1S/C14H14N4O2S2/c1-9(19)17-11-5-3-7-15-13(11)21-22-14-12(18-10(2)20)6-4-8-16-14/h3-8H,1-2H3,(H,17,19)(H,18,20). The van der Waals surface area contributed by atoms with E-state index in [0.717, 1.165) is 0 Å². The third kappa shape index (κ3) is 4.74. The average molecular weight is 334 g/mol. The number of hydrogen-bond acceptors (Lipinski definition) is 6. The van der Waals surface area contributed by atoms with Gasteiger partial charge in [-0.1, -0.05) is 0 Å². The number of nitrogens with one attached hydrogen (secondary N) is 2. The second kappa shape index (κ2) is 7.81. The monoisotopic (exact) mass is 334 g/mol. The van der Waals surface area contributed by atoms with Gasteiger partial charge in [-0.3, -0.25) is 9.59 Å². The Morgan fingerprint density at radius 2 is 1.27 bits per heavy atom. The van der Waals surface area contributed by atoms with E-state index in [-0.39, 0.29) is 11.8 Å². The minimum Gasteiger partial charge on any atom is -0.324 e. The summed E-state index contributed by atoms with van der Waals surface area (Å²) in [6.07, 6.45) is 3.31. The Bertz CT molecular complexity index is 635. The molecular weight excluding hydrogens is 320 g/mol. The summed E-state index contributed by atoms with van der Waals surface area (Å²) >= 11 is 0. The van der Waals surface area contributed by atoms with E-state index in [4.69, 9.17) is 0 Å². The predicted molar refractivity (Wildman–Crippen MR) is 88.8 cm³/mol. The van der Waals surface area contributed by atoms with Crippen LogP contribution < -0.4 is 10.6 Å². The van der Waals surface area contributed by atoms with Crippen LogP contribution in [0.1, 0.15) is 13.8 Å². The number of carbonyl (C=O) groups is 2. The van der Waals surface area contributed by atoms with Crippen LogP contribution in [0.4, 0.5) is 11.4 Å². The number of nitrogens with zero attached hydrogens (tertiary/aromatic N) is 2. The number of aromatic nitrogens is 2. The normalized spacial score (nSPS) is 10.1. The van der Waals surface area contributed by atoms with Gasteiger partial charge in [-0.15, -0.1) is 0 Å². The maximum absolute atomic E-state index is 11.2. The van der Waals surface area contributed by atoms with E-state index in [1.807, 2.05) is 0 Å². The fraction of sp³-hybridized carbons (Fsp3) is 0.143. The summed E-state index contributed by atoms with van der Waals surface area (Å²) < 4.78 is 0. The van der Waals surface area contributed by atoms with E-state index >= 15 is 0 Å². The van der Waals surface area contributed by atoms with Gasteiger partial charge in [-0.05, 0) is 45.9 Å². The first-order chi connectivity index (χ1) is 10.6. The Labute approximate surface area is 135 Å². The van der Waals surface area contributed by atoms with Gasteiger partial charge in [0.25, 0.3) is 0 Å². The molecule has 0 saturated heterocycles. The zero-order valence-corrected chi connectivity index (χ0v) is 13.6. The summed E-state index contributed by atoms with van der Waals surface area (Å²) in [4.78, 5) is 30.9. The Balaban J connectivity index is 2.14. The minimum absolute atomic E-state index is 0.156. The van der Waals surface area contributed by atoms with Gasteiger partial charge in [0, 0.05) is 26.2 Å². The lowest BCUT2D eigenvalue weighted by Crippen LogP contribution is -2.07. The highest BCUT2D eigenvalue weighted by atomic mass is 33.1. The summed E-state index contributed by atoms with van der Waals surface area (Å²) in [6, 6.07) is 7.07. The molecule has 2 aromatic rings. The van der Waals surface area contributed by atoms with Crippen LogP contribution in [-0.4, -0.2) is 21.8 Å². The lowest BCUT2D eigenvalue weighted by Gasteiger charge is -2.09. The molecule has 0 unspecified atom stereocenters. The van der Waals surface area contributed by atoms with Crippen molar-refractivity contribution in [3.63, 3.8) is 0 Å². The quantitative estimate of drug-likeness (QED) is 0.817. The molecule has 0 spiro atoms. The summed E-state index contributed by atoms with van der Waals surface area (Å²) in [7, 11) is 2.72. The molecule has 2 heterocycles. The van der Waals surface area contributed by atoms with Crippen molar-refractivity contribution < 1.29 is 9.59 Å². The van der Waals surface area contributed by atoms with Gasteiger partial charge in [0.2, 0.25) is 11.8 Å². The van der Waals surface area contributed by atoms with Crippen molar-refractivity contribution in [2.24, 2.45) is 0 Å². The van der Waals surface area contributed by atoms with Gasteiger partial charge in [0.1, 0.15) is 10.1 Å². The van der Waals surface area contributed by atoms with Crippen LogP contribution in [0.5, 0.6) is 0 Å². The number of anilines is 2. The van der Waals surface area contributed by atoms with E-state index in [9.17, 15) is 9.59 Å². The van der Waals surface area contributed by atoms with Crippen molar-refractivity contribution in [3.05, 3.63) is 36.7 Å². The van der Waals surface area contributed by atoms with E-state index in [0.29, 0.717) is 21.4 Å². The number of hydrogen-bond donors (Lipinski definition) is 2. The number of pyridine rings is 2. The van der Waals surface area contributed by atoms with Crippen molar-refractivity contribution in [1.29, 1.82) is 0 Å². The Morgan fingerprint density at radius 1 is 0.864 bits per heavy atom. The van der Waals surface area contributed by atoms with Crippen LogP contribution in [-0.2, 0) is 9.59 Å². The fourth-order valence-corrected chi connectivity index (χ4v) is 3.62. The summed E-state index contributed by atoms with van der Waals surface area (Å²) in [5.41, 5.74) is 1.29. The lowest BCUT2D eigenvalue weighted by molar-refractivity contribution is -0.115. The topological polar surface area (TPSA) is 84.0 Å². The van der Waals surface area contributed by atoms with E-state index in [1.54, 1.807) is 36.7 Å². The Morgan fingerprint density at radius 3 is 1.64 bits per heavy atom. The highest BCUT2D eigenvalue weighted by Crippen LogP contribution is 2.41. The van der Waals surface area contributed by atoms with E-state index in [1.165, 1.54) is 35.4 Å². The van der Waals surface area contributed by atoms with Crippen molar-refractivity contribution >= 4 is 44.8 Å². The van der Waals surface area contributed by atoms with Crippen LogP contribution in [0.25, 0.3) is 0 Å². The molecule has 8 heteroatoms. The first-order valence-corrected chi connectivity index (χ1v) is 8.51. The molecule has 6 nitrogen and oxygen atoms in total. The first-order valence-electron chi connectivity index (χ1n) is 6.36. The van der Waals surface area contributed by atoms with Crippen LogP contribution in [0.15, 0.2) is 46.7 Å². The molecule has 0 aliphatic carbocycles. The van der Waals surface area contributed by atoms with Crippen LogP contribution in [0.3, 0.4) is 0 Å². The third-order valence-corrected chi connectivity index (χ3v) is 4.61. The minimum atomic E-state index is -0.156. The SMILES string of the molecule is CC(=O)Nc1cccnc1SSc1ncccc1NC(C)=O. The van der Waals surface area contributed by atoms with Gasteiger partial charge in [-0.25, -0.2) is 9.97 Å². The number of rotatable bonds is 5. The molecule has 0 atom stereocenters. The van der Waals surface area contributed by atoms with Crippen molar-refractivity contribution in [1.82, 2.24) is 9.97 Å². The highest BCUT2D eigenvalue weighted by Gasteiger charge is 2.10. The second-order valence-electron chi connectivity index (χ2n) is 4.24.